The number of carbonyl (C=O) groups is 4. The molecule has 9 atom stereocenters. The van der Waals surface area contributed by atoms with Crippen LogP contribution in [-0.4, -0.2) is 96.7 Å². The zero-order valence-electron chi connectivity index (χ0n) is 63.0. The molecule has 0 aliphatic heterocycles. The number of carbonyl (C=O) groups excluding carboxylic acids is 4. The van der Waals surface area contributed by atoms with E-state index in [1.165, 1.54) is 186 Å². The Labute approximate surface area is 588 Å². The lowest BCUT2D eigenvalue weighted by Gasteiger charge is -2.21. The summed E-state index contributed by atoms with van der Waals surface area (Å²) < 4.78 is 68.6. The fourth-order valence-corrected chi connectivity index (χ4v) is 13.2. The zero-order chi connectivity index (χ0) is 71.0. The van der Waals surface area contributed by atoms with E-state index < -0.39 is 97.5 Å². The summed E-state index contributed by atoms with van der Waals surface area (Å²) in [4.78, 5) is 72.9. The topological polar surface area (TPSA) is 237 Å². The molecule has 0 saturated heterocycles. The number of aliphatic hydroxyl groups excluding tert-OH is 1. The SMILES string of the molecule is CCC(C)CCCCCCCCCCCCCCCCC(=O)O[C@H](COC(=O)CCCCCCCCC(C)CC)COP(=O)(O)OC[C@H](O)COP(=O)(O)OC[C@@H](COC(=O)CCCCCCCCCCCCC(C)CC)OC(=O)CCCCCCCCCCCCC(C)CC. The molecule has 0 aromatic rings. The van der Waals surface area contributed by atoms with Crippen molar-refractivity contribution in [1.82, 2.24) is 0 Å². The molecule has 3 N–H and O–H groups in total. The van der Waals surface area contributed by atoms with Gasteiger partial charge in [-0.25, -0.2) is 9.13 Å². The number of phosphoric ester groups is 2. The number of aliphatic hydroxyl groups is 1. The van der Waals surface area contributed by atoms with Crippen molar-refractivity contribution in [3.63, 3.8) is 0 Å². The fraction of sp³-hybridized carbons (Fsp3) is 0.948. The van der Waals surface area contributed by atoms with Crippen LogP contribution >= 0.6 is 15.6 Å². The van der Waals surface area contributed by atoms with Crippen molar-refractivity contribution >= 4 is 39.5 Å². The highest BCUT2D eigenvalue weighted by Crippen LogP contribution is 2.45. The Kier molecular flexibility index (Phi) is 65.0. The van der Waals surface area contributed by atoms with Gasteiger partial charge in [-0.1, -0.05) is 338 Å². The summed E-state index contributed by atoms with van der Waals surface area (Å²) >= 11 is 0. The summed E-state index contributed by atoms with van der Waals surface area (Å²) in [7, 11) is -9.92. The average Bonchev–Trinajstić information content (AvgIpc) is 1.20. The molecule has 0 heterocycles. The molecule has 0 bridgehead atoms. The van der Waals surface area contributed by atoms with Gasteiger partial charge >= 0.3 is 39.5 Å². The molecule has 19 heteroatoms. The molecular formula is C77H150O17P2. The monoisotopic (exact) mass is 1410 g/mol. The molecule has 6 unspecified atom stereocenters. The molecule has 570 valence electrons. The highest BCUT2D eigenvalue weighted by Gasteiger charge is 2.30. The fourth-order valence-electron chi connectivity index (χ4n) is 11.6. The molecule has 96 heavy (non-hydrogen) atoms. The molecule has 0 aromatic heterocycles. The summed E-state index contributed by atoms with van der Waals surface area (Å²) in [5.41, 5.74) is 0. The standard InChI is InChI=1S/C77H150O17P2/c1-9-67(5)53-45-37-29-23-17-15-13-14-16-18-27-33-43-51-59-76(81)94-73(64-88-75(80)58-50-42-36-35-40-48-56-70(8)12-4)66-92-96(85,86)90-62-71(78)61-89-95(83,84)91-65-72(93-77(82)60-52-44-34-28-22-20-25-31-39-47-55-69(7)11-3)63-87-74(79)57-49-41-32-26-21-19-24-30-38-46-54-68(6)10-2/h67-73,78H,9-66H2,1-8H3,(H,83,84)(H,85,86)/t67?,68?,69?,70?,71-,72-,73-/m1/s1. The van der Waals surface area contributed by atoms with Crippen molar-refractivity contribution < 1.29 is 80.2 Å². The molecule has 0 aromatic carbocycles. The second kappa shape index (κ2) is 66.3. The first kappa shape index (κ1) is 94.1. The van der Waals surface area contributed by atoms with Crippen LogP contribution in [0, 0.1) is 23.7 Å². The van der Waals surface area contributed by atoms with Gasteiger partial charge in [0.25, 0.3) is 0 Å². The molecule has 0 fully saturated rings. The highest BCUT2D eigenvalue weighted by atomic mass is 31.2. The normalized spacial score (nSPS) is 15.2. The zero-order valence-corrected chi connectivity index (χ0v) is 64.8. The highest BCUT2D eigenvalue weighted by molar-refractivity contribution is 7.47. The minimum Gasteiger partial charge on any atom is -0.462 e. The third-order valence-corrected chi connectivity index (χ3v) is 21.2. The second-order valence-corrected chi connectivity index (χ2v) is 31.6. The van der Waals surface area contributed by atoms with Gasteiger partial charge in [-0.3, -0.25) is 37.3 Å². The Morgan fingerprint density at radius 1 is 0.281 bits per heavy atom. The van der Waals surface area contributed by atoms with Crippen LogP contribution in [0.1, 0.15) is 389 Å². The van der Waals surface area contributed by atoms with E-state index in [0.29, 0.717) is 25.7 Å². The number of rotatable bonds is 74. The van der Waals surface area contributed by atoms with Gasteiger partial charge < -0.3 is 33.8 Å². The quantitative estimate of drug-likeness (QED) is 0.0222. The van der Waals surface area contributed by atoms with E-state index in [0.717, 1.165) is 120 Å². The predicted octanol–water partition coefficient (Wildman–Crippen LogP) is 22.4. The van der Waals surface area contributed by atoms with Crippen LogP contribution in [0.4, 0.5) is 0 Å². The van der Waals surface area contributed by atoms with Gasteiger partial charge in [0.2, 0.25) is 0 Å². The summed E-state index contributed by atoms with van der Waals surface area (Å²) in [6.07, 6.45) is 51.1. The van der Waals surface area contributed by atoms with Crippen molar-refractivity contribution in [1.29, 1.82) is 0 Å². The second-order valence-electron chi connectivity index (χ2n) is 28.7. The van der Waals surface area contributed by atoms with Crippen LogP contribution in [-0.2, 0) is 65.4 Å². The van der Waals surface area contributed by atoms with Gasteiger partial charge in [0, 0.05) is 25.7 Å². The Bertz CT molecular complexity index is 1890. The molecule has 0 amide bonds. The maximum atomic E-state index is 13.1. The first-order chi connectivity index (χ1) is 46.2. The average molecular weight is 1410 g/mol. The van der Waals surface area contributed by atoms with Gasteiger partial charge in [-0.05, 0) is 49.4 Å². The molecule has 0 radical (unpaired) electrons. The third kappa shape index (κ3) is 65.4. The van der Waals surface area contributed by atoms with Crippen LogP contribution in [0.15, 0.2) is 0 Å². The number of unbranched alkanes of at least 4 members (excludes halogenated alkanes) is 36. The van der Waals surface area contributed by atoms with E-state index in [1.54, 1.807) is 0 Å². The van der Waals surface area contributed by atoms with Gasteiger partial charge in [0.15, 0.2) is 12.2 Å². The number of phosphoric acid groups is 2. The lowest BCUT2D eigenvalue weighted by molar-refractivity contribution is -0.161. The molecule has 0 rings (SSSR count). The van der Waals surface area contributed by atoms with Gasteiger partial charge in [-0.15, -0.1) is 0 Å². The van der Waals surface area contributed by atoms with Crippen LogP contribution in [0.3, 0.4) is 0 Å². The number of hydrogen-bond donors (Lipinski definition) is 3. The van der Waals surface area contributed by atoms with Crippen molar-refractivity contribution in [3.05, 3.63) is 0 Å². The number of esters is 4. The van der Waals surface area contributed by atoms with Crippen LogP contribution in [0.25, 0.3) is 0 Å². The number of ether oxygens (including phenoxy) is 4. The molecule has 0 spiro atoms. The molecular weight excluding hydrogens is 1260 g/mol. The Hall–Kier alpha value is -1.94. The Morgan fingerprint density at radius 3 is 0.688 bits per heavy atom. The maximum absolute atomic E-state index is 13.1. The van der Waals surface area contributed by atoms with E-state index in [2.05, 4.69) is 55.4 Å². The van der Waals surface area contributed by atoms with E-state index in [-0.39, 0.29) is 25.7 Å². The van der Waals surface area contributed by atoms with Gasteiger partial charge in [-0.2, -0.15) is 0 Å². The van der Waals surface area contributed by atoms with Gasteiger partial charge in [0.1, 0.15) is 19.3 Å². The lowest BCUT2D eigenvalue weighted by atomic mass is 9.99. The van der Waals surface area contributed by atoms with Crippen LogP contribution in [0.5, 0.6) is 0 Å². The van der Waals surface area contributed by atoms with Crippen LogP contribution < -0.4 is 0 Å². The van der Waals surface area contributed by atoms with Crippen molar-refractivity contribution in [2.24, 2.45) is 23.7 Å². The Morgan fingerprint density at radius 2 is 0.469 bits per heavy atom. The lowest BCUT2D eigenvalue weighted by Crippen LogP contribution is -2.30. The molecule has 0 saturated carbocycles. The van der Waals surface area contributed by atoms with E-state index >= 15 is 0 Å². The minimum atomic E-state index is -4.96. The summed E-state index contributed by atoms with van der Waals surface area (Å²) in [6, 6.07) is 0. The number of hydrogen-bond acceptors (Lipinski definition) is 15. The Balaban J connectivity index is 5.26. The first-order valence-electron chi connectivity index (χ1n) is 39.9. The van der Waals surface area contributed by atoms with E-state index in [4.69, 9.17) is 37.0 Å². The maximum Gasteiger partial charge on any atom is 0.472 e. The predicted molar refractivity (Wildman–Crippen MR) is 391 cm³/mol. The summed E-state index contributed by atoms with van der Waals surface area (Å²) in [6.45, 7) is 14.3. The summed E-state index contributed by atoms with van der Waals surface area (Å²) in [5, 5.41) is 10.6. The smallest absolute Gasteiger partial charge is 0.462 e. The third-order valence-electron chi connectivity index (χ3n) is 19.3. The molecule has 0 aliphatic carbocycles. The minimum absolute atomic E-state index is 0.106. The van der Waals surface area contributed by atoms with E-state index in [1.807, 2.05) is 0 Å². The summed E-state index contributed by atoms with van der Waals surface area (Å²) in [5.74, 6) is 1.07. The first-order valence-corrected chi connectivity index (χ1v) is 42.8. The van der Waals surface area contributed by atoms with E-state index in [9.17, 15) is 43.2 Å². The van der Waals surface area contributed by atoms with Crippen molar-refractivity contribution in [2.75, 3.05) is 39.6 Å². The molecule has 0 aliphatic rings. The largest absolute Gasteiger partial charge is 0.472 e. The van der Waals surface area contributed by atoms with Crippen molar-refractivity contribution in [3.8, 4) is 0 Å². The van der Waals surface area contributed by atoms with Crippen molar-refractivity contribution in [2.45, 2.75) is 408 Å². The van der Waals surface area contributed by atoms with Crippen LogP contribution in [0.2, 0.25) is 0 Å². The van der Waals surface area contributed by atoms with Gasteiger partial charge in [0.05, 0.1) is 26.4 Å². The molecule has 17 nitrogen and oxygen atoms in total.